The zero-order chi connectivity index (χ0) is 19.5. The maximum Gasteiger partial charge on any atom is 0.344 e. The van der Waals surface area contributed by atoms with Gasteiger partial charge in [0, 0.05) is 6.07 Å². The molecule has 0 aromatic heterocycles. The molecule has 0 radical (unpaired) electrons. The minimum Gasteiger partial charge on any atom is -0.465 e. The molecule has 0 atom stereocenters. The fraction of sp³-hybridized carbons (Fsp3) is 0.438. The van der Waals surface area contributed by atoms with Crippen molar-refractivity contribution in [3.8, 4) is 0 Å². The Morgan fingerprint density at radius 3 is 2.31 bits per heavy atom. The van der Waals surface area contributed by atoms with Gasteiger partial charge in [-0.25, -0.2) is 4.79 Å². The lowest BCUT2D eigenvalue weighted by molar-refractivity contribution is -0.384. The lowest BCUT2D eigenvalue weighted by Crippen LogP contribution is -2.18. The Bertz CT molecular complexity index is 674. The average Bonchev–Trinajstić information content (AvgIpc) is 2.59. The number of anilines is 1. The zero-order valence-electron chi connectivity index (χ0n) is 14.5. The van der Waals surface area contributed by atoms with Crippen molar-refractivity contribution in [2.24, 2.45) is 0 Å². The molecule has 0 amide bonds. The molecule has 0 bridgehead atoms. The van der Waals surface area contributed by atoms with Crippen LogP contribution in [0, 0.1) is 10.1 Å². The van der Waals surface area contributed by atoms with Crippen LogP contribution in [0.4, 0.5) is 11.4 Å². The number of nitrogens with one attached hydrogen (secondary N) is 1. The SMILES string of the molecule is CCOC(=O)CNc1ccc(CC(=O)OCC(=O)OCC)cc1[N+](=O)[O-]. The van der Waals surface area contributed by atoms with E-state index >= 15 is 0 Å². The van der Waals surface area contributed by atoms with Crippen molar-refractivity contribution in [3.63, 3.8) is 0 Å². The van der Waals surface area contributed by atoms with E-state index in [1.807, 2.05) is 0 Å². The predicted molar refractivity (Wildman–Crippen MR) is 89.5 cm³/mol. The molecule has 0 aliphatic carbocycles. The van der Waals surface area contributed by atoms with Crippen LogP contribution in [0.3, 0.4) is 0 Å². The minimum absolute atomic E-state index is 0.117. The van der Waals surface area contributed by atoms with Crippen LogP contribution < -0.4 is 5.32 Å². The van der Waals surface area contributed by atoms with Gasteiger partial charge >= 0.3 is 17.9 Å². The summed E-state index contributed by atoms with van der Waals surface area (Å²) in [4.78, 5) is 44.7. The highest BCUT2D eigenvalue weighted by Crippen LogP contribution is 2.25. The van der Waals surface area contributed by atoms with Crippen LogP contribution in [0.15, 0.2) is 18.2 Å². The smallest absolute Gasteiger partial charge is 0.344 e. The van der Waals surface area contributed by atoms with Gasteiger partial charge < -0.3 is 19.5 Å². The quantitative estimate of drug-likeness (QED) is 0.280. The van der Waals surface area contributed by atoms with Gasteiger partial charge in [-0.3, -0.25) is 19.7 Å². The molecule has 0 heterocycles. The summed E-state index contributed by atoms with van der Waals surface area (Å²) in [5, 5.41) is 13.8. The molecule has 0 saturated carbocycles. The van der Waals surface area contributed by atoms with Gasteiger partial charge in [-0.1, -0.05) is 6.07 Å². The third kappa shape index (κ3) is 7.16. The molecule has 1 aromatic rings. The summed E-state index contributed by atoms with van der Waals surface area (Å²) in [6.45, 7) is 2.90. The number of esters is 3. The van der Waals surface area contributed by atoms with Gasteiger partial charge in [0.05, 0.1) is 24.6 Å². The largest absolute Gasteiger partial charge is 0.465 e. The van der Waals surface area contributed by atoms with Crippen LogP contribution >= 0.6 is 0 Å². The molecule has 0 aliphatic rings. The topological polar surface area (TPSA) is 134 Å². The standard InChI is InChI=1S/C16H20N2O8/c1-3-24-15(20)9-17-12-6-5-11(7-13(12)18(22)23)8-14(19)26-10-16(21)25-4-2/h5-7,17H,3-4,8-10H2,1-2H3. The van der Waals surface area contributed by atoms with Crippen molar-refractivity contribution in [1.29, 1.82) is 0 Å². The van der Waals surface area contributed by atoms with E-state index in [1.54, 1.807) is 13.8 Å². The van der Waals surface area contributed by atoms with Gasteiger partial charge in [0.25, 0.3) is 5.69 Å². The van der Waals surface area contributed by atoms with Crippen LogP contribution in [0.25, 0.3) is 0 Å². The second-order valence-corrected chi connectivity index (χ2v) is 4.91. The first kappa shape index (κ1) is 20.9. The summed E-state index contributed by atoms with van der Waals surface area (Å²) in [6, 6.07) is 4.05. The Hall–Kier alpha value is -3.17. The first-order valence-corrected chi connectivity index (χ1v) is 7.85. The lowest BCUT2D eigenvalue weighted by Gasteiger charge is -2.09. The highest BCUT2D eigenvalue weighted by atomic mass is 16.6. The highest BCUT2D eigenvalue weighted by Gasteiger charge is 2.17. The van der Waals surface area contributed by atoms with Crippen molar-refractivity contribution < 1.29 is 33.5 Å². The molecular formula is C16H20N2O8. The van der Waals surface area contributed by atoms with E-state index in [4.69, 9.17) is 9.47 Å². The minimum atomic E-state index is -0.723. The first-order chi connectivity index (χ1) is 12.4. The van der Waals surface area contributed by atoms with E-state index in [2.05, 4.69) is 10.1 Å². The number of hydrogen-bond acceptors (Lipinski definition) is 9. The molecule has 0 fully saturated rings. The fourth-order valence-corrected chi connectivity index (χ4v) is 1.93. The summed E-state index contributed by atoms with van der Waals surface area (Å²) in [5.41, 5.74) is 0.143. The third-order valence-electron chi connectivity index (χ3n) is 2.99. The maximum absolute atomic E-state index is 11.7. The molecule has 0 aliphatic heterocycles. The number of rotatable bonds is 10. The number of nitro benzene ring substituents is 1. The van der Waals surface area contributed by atoms with E-state index in [0.29, 0.717) is 5.56 Å². The molecular weight excluding hydrogens is 348 g/mol. The Morgan fingerprint density at radius 1 is 1.04 bits per heavy atom. The Kier molecular flexibility index (Phi) is 8.55. The number of ether oxygens (including phenoxy) is 3. The molecule has 26 heavy (non-hydrogen) atoms. The predicted octanol–water partition coefficient (Wildman–Crippen LogP) is 1.22. The van der Waals surface area contributed by atoms with Crippen molar-refractivity contribution in [1.82, 2.24) is 0 Å². The summed E-state index contributed by atoms with van der Waals surface area (Å²) < 4.78 is 14.1. The summed E-state index contributed by atoms with van der Waals surface area (Å²) >= 11 is 0. The summed E-state index contributed by atoms with van der Waals surface area (Å²) in [5.74, 6) is -1.95. The number of benzene rings is 1. The molecule has 1 N–H and O–H groups in total. The van der Waals surface area contributed by atoms with Gasteiger partial charge in [-0.15, -0.1) is 0 Å². The number of hydrogen-bond donors (Lipinski definition) is 1. The maximum atomic E-state index is 11.7. The fourth-order valence-electron chi connectivity index (χ4n) is 1.93. The van der Waals surface area contributed by atoms with E-state index in [9.17, 15) is 24.5 Å². The molecule has 142 valence electrons. The average molecular weight is 368 g/mol. The van der Waals surface area contributed by atoms with E-state index in [1.165, 1.54) is 18.2 Å². The van der Waals surface area contributed by atoms with Crippen LogP contribution in [0.5, 0.6) is 0 Å². The molecule has 10 heteroatoms. The van der Waals surface area contributed by atoms with Crippen LogP contribution in [-0.4, -0.2) is 49.2 Å². The Labute approximate surface area is 149 Å². The number of nitro groups is 1. The Morgan fingerprint density at radius 2 is 1.69 bits per heavy atom. The van der Waals surface area contributed by atoms with Crippen LogP contribution in [-0.2, 0) is 35.0 Å². The lowest BCUT2D eigenvalue weighted by atomic mass is 10.1. The molecule has 1 rings (SSSR count). The Balaban J connectivity index is 2.72. The molecule has 1 aromatic carbocycles. The molecule has 10 nitrogen and oxygen atoms in total. The van der Waals surface area contributed by atoms with E-state index < -0.39 is 29.4 Å². The second-order valence-electron chi connectivity index (χ2n) is 4.91. The summed E-state index contributed by atoms with van der Waals surface area (Å²) in [7, 11) is 0. The van der Waals surface area contributed by atoms with Crippen molar-refractivity contribution in [2.75, 3.05) is 31.7 Å². The van der Waals surface area contributed by atoms with Crippen LogP contribution in [0.1, 0.15) is 19.4 Å². The van der Waals surface area contributed by atoms with Gasteiger partial charge in [0.2, 0.25) is 0 Å². The monoisotopic (exact) mass is 368 g/mol. The normalized spacial score (nSPS) is 9.92. The van der Waals surface area contributed by atoms with Crippen molar-refractivity contribution in [2.45, 2.75) is 20.3 Å². The highest BCUT2D eigenvalue weighted by molar-refractivity contribution is 5.79. The molecule has 0 spiro atoms. The number of nitrogens with zero attached hydrogens (tertiary/aromatic N) is 1. The molecule has 0 unspecified atom stereocenters. The third-order valence-corrected chi connectivity index (χ3v) is 2.99. The number of carbonyl (C=O) groups excluding carboxylic acids is 3. The van der Waals surface area contributed by atoms with Gasteiger partial charge in [-0.05, 0) is 25.5 Å². The first-order valence-electron chi connectivity index (χ1n) is 7.85. The van der Waals surface area contributed by atoms with E-state index in [-0.39, 0.29) is 37.6 Å². The van der Waals surface area contributed by atoms with Crippen molar-refractivity contribution in [3.05, 3.63) is 33.9 Å². The summed E-state index contributed by atoms with van der Waals surface area (Å²) in [6.07, 6.45) is -0.252. The second kappa shape index (κ2) is 10.6. The molecule has 0 saturated heterocycles. The zero-order valence-corrected chi connectivity index (χ0v) is 14.5. The number of carbonyl (C=O) groups is 3. The van der Waals surface area contributed by atoms with Gasteiger partial charge in [-0.2, -0.15) is 0 Å². The van der Waals surface area contributed by atoms with Crippen LogP contribution in [0.2, 0.25) is 0 Å². The van der Waals surface area contributed by atoms with Gasteiger partial charge in [0.1, 0.15) is 12.2 Å². The van der Waals surface area contributed by atoms with Crippen molar-refractivity contribution >= 4 is 29.3 Å². The van der Waals surface area contributed by atoms with Gasteiger partial charge in [0.15, 0.2) is 6.61 Å². The van der Waals surface area contributed by atoms with E-state index in [0.717, 1.165) is 0 Å².